The van der Waals surface area contributed by atoms with E-state index in [1.165, 1.54) is 57.8 Å². The number of carbonyl (C=O) groups is 3. The molecular weight excluding hydrogens is 454 g/mol. The number of unbranched alkanes of at least 4 members (excludes halogenated alkanes) is 10. The van der Waals surface area contributed by atoms with Crippen LogP contribution in [0.3, 0.4) is 0 Å². The highest BCUT2D eigenvalue weighted by atomic mass is 16.6. The van der Waals surface area contributed by atoms with Crippen LogP contribution in [0.2, 0.25) is 0 Å². The molecule has 0 aliphatic carbocycles. The number of rotatable bonds is 18. The molecule has 0 radical (unpaired) electrons. The van der Waals surface area contributed by atoms with Gasteiger partial charge in [0.15, 0.2) is 0 Å². The summed E-state index contributed by atoms with van der Waals surface area (Å²) in [5, 5.41) is 8.14. The molecular formula is C29H49N3O4. The minimum atomic E-state index is -0.846. The van der Waals surface area contributed by atoms with Gasteiger partial charge in [-0.2, -0.15) is 0 Å². The van der Waals surface area contributed by atoms with Gasteiger partial charge in [0.1, 0.15) is 11.6 Å². The smallest absolute Gasteiger partial charge is 0.408 e. The van der Waals surface area contributed by atoms with Gasteiger partial charge in [-0.05, 0) is 32.8 Å². The lowest BCUT2D eigenvalue weighted by Crippen LogP contribution is -2.51. The van der Waals surface area contributed by atoms with E-state index in [4.69, 9.17) is 4.74 Å². The van der Waals surface area contributed by atoms with Crippen molar-refractivity contribution in [3.05, 3.63) is 35.9 Å². The molecule has 3 N–H and O–H groups in total. The van der Waals surface area contributed by atoms with E-state index in [1.54, 1.807) is 20.8 Å². The van der Waals surface area contributed by atoms with Crippen LogP contribution in [0.5, 0.6) is 0 Å². The molecule has 0 aliphatic heterocycles. The van der Waals surface area contributed by atoms with E-state index in [0.29, 0.717) is 13.0 Å². The van der Waals surface area contributed by atoms with Gasteiger partial charge in [0.2, 0.25) is 11.8 Å². The van der Waals surface area contributed by atoms with Gasteiger partial charge in [0.25, 0.3) is 0 Å². The maximum atomic E-state index is 12.8. The molecule has 3 amide bonds. The van der Waals surface area contributed by atoms with Crippen LogP contribution < -0.4 is 16.0 Å². The predicted octanol–water partition coefficient (Wildman–Crippen LogP) is 5.67. The van der Waals surface area contributed by atoms with Crippen LogP contribution in [0.1, 0.15) is 104 Å². The van der Waals surface area contributed by atoms with Crippen molar-refractivity contribution < 1.29 is 19.1 Å². The maximum Gasteiger partial charge on any atom is 0.408 e. The molecule has 1 atom stereocenters. The van der Waals surface area contributed by atoms with Crippen molar-refractivity contribution in [2.24, 2.45) is 0 Å². The van der Waals surface area contributed by atoms with E-state index in [9.17, 15) is 14.4 Å². The SMILES string of the molecule is CCCCCCCCCCCCCNC(=O)CNC(=O)[C@@H](Cc1ccccc1)NC(=O)OC(C)(C)C. The summed E-state index contributed by atoms with van der Waals surface area (Å²) in [6, 6.07) is 8.57. The Labute approximate surface area is 218 Å². The fourth-order valence-corrected chi connectivity index (χ4v) is 3.88. The maximum absolute atomic E-state index is 12.8. The van der Waals surface area contributed by atoms with Gasteiger partial charge >= 0.3 is 6.09 Å². The molecule has 36 heavy (non-hydrogen) atoms. The zero-order valence-electron chi connectivity index (χ0n) is 23.0. The van der Waals surface area contributed by atoms with Gasteiger partial charge in [-0.1, -0.05) is 101 Å². The summed E-state index contributed by atoms with van der Waals surface area (Å²) in [4.78, 5) is 37.2. The standard InChI is InChI=1S/C29H49N3O4/c1-5-6-7-8-9-10-11-12-13-14-18-21-30-26(33)23-31-27(34)25(22-24-19-16-15-17-20-24)32-28(35)36-29(2,3)4/h15-17,19-20,25H,5-14,18,21-23H2,1-4H3,(H,30,33)(H,31,34)(H,32,35)/t25-/m1/s1. The number of hydrogen-bond acceptors (Lipinski definition) is 4. The lowest BCUT2D eigenvalue weighted by atomic mass is 10.1. The van der Waals surface area contributed by atoms with Crippen molar-refractivity contribution in [3.63, 3.8) is 0 Å². The van der Waals surface area contributed by atoms with Crippen LogP contribution >= 0.6 is 0 Å². The second-order valence-electron chi connectivity index (χ2n) is 10.5. The molecule has 0 spiro atoms. The van der Waals surface area contributed by atoms with E-state index in [0.717, 1.165) is 18.4 Å². The average Bonchev–Trinajstić information content (AvgIpc) is 2.82. The van der Waals surface area contributed by atoms with E-state index >= 15 is 0 Å². The average molecular weight is 504 g/mol. The molecule has 0 aromatic heterocycles. The van der Waals surface area contributed by atoms with Crippen LogP contribution in [0.4, 0.5) is 4.79 Å². The molecule has 1 aromatic rings. The first kappa shape index (κ1) is 31.5. The first-order valence-electron chi connectivity index (χ1n) is 13.8. The number of alkyl carbamates (subject to hydrolysis) is 1. The molecule has 1 rings (SSSR count). The van der Waals surface area contributed by atoms with Gasteiger partial charge in [-0.25, -0.2) is 4.79 Å². The minimum absolute atomic E-state index is 0.127. The third-order valence-electron chi connectivity index (χ3n) is 5.82. The molecule has 0 unspecified atom stereocenters. The van der Waals surface area contributed by atoms with Gasteiger partial charge in [0.05, 0.1) is 6.54 Å². The van der Waals surface area contributed by atoms with Crippen LogP contribution in [-0.4, -0.2) is 42.6 Å². The summed E-state index contributed by atoms with van der Waals surface area (Å²) in [5.74, 6) is -0.652. The number of hydrogen-bond donors (Lipinski definition) is 3. The quantitative estimate of drug-likeness (QED) is 0.225. The van der Waals surface area contributed by atoms with Crippen molar-refractivity contribution in [2.45, 2.75) is 116 Å². The second kappa shape index (κ2) is 18.7. The summed E-state index contributed by atoms with van der Waals surface area (Å²) < 4.78 is 5.30. The molecule has 0 aliphatic rings. The Morgan fingerprint density at radius 2 is 1.36 bits per heavy atom. The lowest BCUT2D eigenvalue weighted by molar-refractivity contribution is -0.127. The summed E-state index contributed by atoms with van der Waals surface area (Å²) in [6.45, 7) is 8.01. The number of amides is 3. The Morgan fingerprint density at radius 1 is 0.806 bits per heavy atom. The van der Waals surface area contributed by atoms with Crippen LogP contribution in [0.15, 0.2) is 30.3 Å². The number of benzene rings is 1. The molecule has 204 valence electrons. The van der Waals surface area contributed by atoms with Gasteiger partial charge < -0.3 is 20.7 Å². The topological polar surface area (TPSA) is 96.5 Å². The van der Waals surface area contributed by atoms with Crippen molar-refractivity contribution in [2.75, 3.05) is 13.1 Å². The Bertz CT molecular complexity index is 747. The highest BCUT2D eigenvalue weighted by molar-refractivity contribution is 5.89. The zero-order valence-corrected chi connectivity index (χ0v) is 23.0. The Kier molecular flexibility index (Phi) is 16.3. The van der Waals surface area contributed by atoms with Crippen LogP contribution in [0, 0.1) is 0 Å². The van der Waals surface area contributed by atoms with Crippen LogP contribution in [-0.2, 0) is 20.7 Å². The van der Waals surface area contributed by atoms with Crippen molar-refractivity contribution in [1.29, 1.82) is 0 Å². The van der Waals surface area contributed by atoms with Crippen LogP contribution in [0.25, 0.3) is 0 Å². The predicted molar refractivity (Wildman–Crippen MR) is 146 cm³/mol. The fraction of sp³-hybridized carbons (Fsp3) is 0.690. The molecule has 0 saturated heterocycles. The number of carbonyl (C=O) groups excluding carboxylic acids is 3. The van der Waals surface area contributed by atoms with Gasteiger partial charge in [0, 0.05) is 13.0 Å². The summed E-state index contributed by atoms with van der Waals surface area (Å²) in [6.07, 6.45) is 13.5. The third-order valence-corrected chi connectivity index (χ3v) is 5.82. The highest BCUT2D eigenvalue weighted by Crippen LogP contribution is 2.11. The second-order valence-corrected chi connectivity index (χ2v) is 10.5. The first-order chi connectivity index (χ1) is 17.2. The zero-order chi connectivity index (χ0) is 26.7. The first-order valence-corrected chi connectivity index (χ1v) is 13.8. The summed E-state index contributed by atoms with van der Waals surface area (Å²) in [5.41, 5.74) is 0.223. The normalized spacial score (nSPS) is 12.0. The monoisotopic (exact) mass is 503 g/mol. The lowest BCUT2D eigenvalue weighted by Gasteiger charge is -2.23. The molecule has 1 aromatic carbocycles. The Hall–Kier alpha value is -2.57. The Morgan fingerprint density at radius 3 is 1.92 bits per heavy atom. The van der Waals surface area contributed by atoms with E-state index in [-0.39, 0.29) is 12.5 Å². The molecule has 7 heteroatoms. The number of ether oxygens (including phenoxy) is 1. The molecule has 0 bridgehead atoms. The van der Waals surface area contributed by atoms with Crippen molar-refractivity contribution >= 4 is 17.9 Å². The highest BCUT2D eigenvalue weighted by Gasteiger charge is 2.25. The van der Waals surface area contributed by atoms with E-state index in [1.807, 2.05) is 30.3 Å². The van der Waals surface area contributed by atoms with E-state index in [2.05, 4.69) is 22.9 Å². The minimum Gasteiger partial charge on any atom is -0.444 e. The largest absolute Gasteiger partial charge is 0.444 e. The molecule has 0 saturated carbocycles. The van der Waals surface area contributed by atoms with Gasteiger partial charge in [-0.15, -0.1) is 0 Å². The third kappa shape index (κ3) is 17.0. The summed E-state index contributed by atoms with van der Waals surface area (Å²) >= 11 is 0. The van der Waals surface area contributed by atoms with Gasteiger partial charge in [-0.3, -0.25) is 9.59 Å². The van der Waals surface area contributed by atoms with Crippen molar-refractivity contribution in [3.8, 4) is 0 Å². The summed E-state index contributed by atoms with van der Waals surface area (Å²) in [7, 11) is 0. The number of nitrogens with one attached hydrogen (secondary N) is 3. The Balaban J connectivity index is 2.28. The molecule has 0 heterocycles. The molecule has 7 nitrogen and oxygen atoms in total. The molecule has 0 fully saturated rings. The van der Waals surface area contributed by atoms with E-state index < -0.39 is 23.6 Å². The van der Waals surface area contributed by atoms with Crippen molar-refractivity contribution in [1.82, 2.24) is 16.0 Å². The fourth-order valence-electron chi connectivity index (χ4n) is 3.88.